The molecular weight excluding hydrogens is 407 g/mol. The van der Waals surface area contributed by atoms with Crippen LogP contribution in [0.5, 0.6) is 11.5 Å². The number of amidine groups is 1. The summed E-state index contributed by atoms with van der Waals surface area (Å²) in [4.78, 5) is 21.4. The van der Waals surface area contributed by atoms with Gasteiger partial charge in [0, 0.05) is 26.2 Å². The quantitative estimate of drug-likeness (QED) is 0.580. The summed E-state index contributed by atoms with van der Waals surface area (Å²) in [5.74, 6) is 1.88. The van der Waals surface area contributed by atoms with Gasteiger partial charge in [0.15, 0.2) is 5.75 Å². The third kappa shape index (κ3) is 3.89. The molecule has 2 amide bonds. The molecule has 32 heavy (non-hydrogen) atoms. The second-order valence-corrected chi connectivity index (χ2v) is 7.89. The number of hydrogen-bond donors (Lipinski definition) is 1. The van der Waals surface area contributed by atoms with Gasteiger partial charge in [-0.05, 0) is 48.9 Å². The van der Waals surface area contributed by atoms with Crippen LogP contribution in [0.15, 0.2) is 71.7 Å². The molecule has 2 aliphatic rings. The second kappa shape index (κ2) is 8.34. The third-order valence-corrected chi connectivity index (χ3v) is 5.67. The summed E-state index contributed by atoms with van der Waals surface area (Å²) in [6.07, 6.45) is 0. The van der Waals surface area contributed by atoms with Gasteiger partial charge in [0.05, 0.1) is 11.3 Å². The molecule has 0 bridgehead atoms. The van der Waals surface area contributed by atoms with Crippen molar-refractivity contribution < 1.29 is 13.9 Å². The molecule has 6 nitrogen and oxygen atoms in total. The van der Waals surface area contributed by atoms with Crippen molar-refractivity contribution in [2.24, 2.45) is 4.99 Å². The van der Waals surface area contributed by atoms with Crippen LogP contribution in [0.25, 0.3) is 0 Å². The van der Waals surface area contributed by atoms with E-state index in [2.05, 4.69) is 10.2 Å². The van der Waals surface area contributed by atoms with Crippen LogP contribution in [-0.4, -0.2) is 47.8 Å². The molecule has 0 spiro atoms. The minimum atomic E-state index is -0.446. The predicted octanol–water partition coefficient (Wildman–Crippen LogP) is 5.17. The van der Waals surface area contributed by atoms with Crippen LogP contribution in [-0.2, 0) is 0 Å². The monoisotopic (exact) mass is 430 g/mol. The fraction of sp³-hybridized carbons (Fsp3) is 0.200. The third-order valence-electron chi connectivity index (χ3n) is 5.67. The number of carbonyl (C=O) groups is 1. The highest BCUT2D eigenvalue weighted by molar-refractivity contribution is 6.04. The van der Waals surface area contributed by atoms with E-state index in [-0.39, 0.29) is 11.7 Å². The molecule has 2 aliphatic heterocycles. The van der Waals surface area contributed by atoms with Crippen LogP contribution in [0.2, 0.25) is 0 Å². The Labute approximate surface area is 185 Å². The number of ether oxygens (including phenoxy) is 1. The summed E-state index contributed by atoms with van der Waals surface area (Å²) in [5.41, 5.74) is 2.99. The zero-order valence-corrected chi connectivity index (χ0v) is 17.7. The average molecular weight is 430 g/mol. The van der Waals surface area contributed by atoms with Gasteiger partial charge in [-0.1, -0.05) is 30.3 Å². The lowest BCUT2D eigenvalue weighted by molar-refractivity contribution is 0.181. The van der Waals surface area contributed by atoms with E-state index in [9.17, 15) is 9.18 Å². The Morgan fingerprint density at radius 2 is 1.72 bits per heavy atom. The van der Waals surface area contributed by atoms with E-state index < -0.39 is 5.82 Å². The standard InChI is InChI=1S/C25H23FN4O2/c1-17-10-11-21-23(16-17)32-22-9-5-2-6-18(22)24(27-21)29-12-14-30(15-13-29)25(31)28-20-8-4-3-7-19(20)26/h2-11,16H,12-15H2,1H3,(H,28,31). The molecule has 3 aromatic rings. The first-order chi connectivity index (χ1) is 15.6. The number of nitrogens with one attached hydrogen (secondary N) is 1. The highest BCUT2D eigenvalue weighted by atomic mass is 19.1. The molecule has 0 unspecified atom stereocenters. The molecule has 7 heteroatoms. The topological polar surface area (TPSA) is 57.2 Å². The van der Waals surface area contributed by atoms with E-state index in [0.717, 1.165) is 34.1 Å². The number of halogens is 1. The van der Waals surface area contributed by atoms with Crippen molar-refractivity contribution in [3.8, 4) is 11.5 Å². The molecular formula is C25H23FN4O2. The number of urea groups is 1. The lowest BCUT2D eigenvalue weighted by Gasteiger charge is -2.36. The van der Waals surface area contributed by atoms with Gasteiger partial charge in [0.1, 0.15) is 23.1 Å². The van der Waals surface area contributed by atoms with Crippen molar-refractivity contribution in [3.63, 3.8) is 0 Å². The van der Waals surface area contributed by atoms with Crippen LogP contribution >= 0.6 is 0 Å². The Kier molecular flexibility index (Phi) is 5.23. The van der Waals surface area contributed by atoms with Crippen LogP contribution in [0.1, 0.15) is 11.1 Å². The number of rotatable bonds is 1. The summed E-state index contributed by atoms with van der Waals surface area (Å²) in [6.45, 7) is 4.25. The molecule has 0 aliphatic carbocycles. The van der Waals surface area contributed by atoms with Gasteiger partial charge in [0.25, 0.3) is 0 Å². The van der Waals surface area contributed by atoms with Crippen LogP contribution < -0.4 is 10.1 Å². The molecule has 162 valence electrons. The van der Waals surface area contributed by atoms with Crippen LogP contribution in [0.3, 0.4) is 0 Å². The number of carbonyl (C=O) groups excluding carboxylic acids is 1. The fourth-order valence-corrected chi connectivity index (χ4v) is 3.95. The van der Waals surface area contributed by atoms with Gasteiger partial charge in [0.2, 0.25) is 0 Å². The molecule has 3 aromatic carbocycles. The van der Waals surface area contributed by atoms with E-state index in [1.807, 2.05) is 49.4 Å². The number of aliphatic imine (C=N–C) groups is 1. The number of benzene rings is 3. The summed E-state index contributed by atoms with van der Waals surface area (Å²) in [6, 6.07) is 19.7. The van der Waals surface area contributed by atoms with Gasteiger partial charge in [-0.2, -0.15) is 0 Å². The summed E-state index contributed by atoms with van der Waals surface area (Å²) in [5, 5.41) is 2.66. The molecule has 1 saturated heterocycles. The summed E-state index contributed by atoms with van der Waals surface area (Å²) >= 11 is 0. The van der Waals surface area contributed by atoms with Gasteiger partial charge in [-0.25, -0.2) is 14.2 Å². The fourth-order valence-electron chi connectivity index (χ4n) is 3.95. The molecule has 0 atom stereocenters. The molecule has 1 N–H and O–H groups in total. The normalized spacial score (nSPS) is 15.1. The number of nitrogens with zero attached hydrogens (tertiary/aromatic N) is 3. The Bertz CT molecular complexity index is 1200. The minimum Gasteiger partial charge on any atom is -0.454 e. The zero-order chi connectivity index (χ0) is 22.1. The maximum absolute atomic E-state index is 13.9. The van der Waals surface area contributed by atoms with Gasteiger partial charge >= 0.3 is 6.03 Å². The number of amides is 2. The predicted molar refractivity (Wildman–Crippen MR) is 122 cm³/mol. The van der Waals surface area contributed by atoms with Crippen LogP contribution in [0, 0.1) is 12.7 Å². The van der Waals surface area contributed by atoms with Crippen molar-refractivity contribution in [2.45, 2.75) is 6.92 Å². The van der Waals surface area contributed by atoms with Crippen molar-refractivity contribution in [1.29, 1.82) is 0 Å². The first-order valence-corrected chi connectivity index (χ1v) is 10.6. The van der Waals surface area contributed by atoms with Crippen molar-refractivity contribution >= 4 is 23.2 Å². The Balaban J connectivity index is 1.36. The van der Waals surface area contributed by atoms with Gasteiger partial charge in [-0.3, -0.25) is 0 Å². The zero-order valence-electron chi connectivity index (χ0n) is 17.7. The smallest absolute Gasteiger partial charge is 0.322 e. The lowest BCUT2D eigenvalue weighted by Crippen LogP contribution is -2.51. The number of hydrogen-bond acceptors (Lipinski definition) is 4. The summed E-state index contributed by atoms with van der Waals surface area (Å²) in [7, 11) is 0. The molecule has 5 rings (SSSR count). The maximum Gasteiger partial charge on any atom is 0.322 e. The lowest BCUT2D eigenvalue weighted by atomic mass is 10.1. The van der Waals surface area contributed by atoms with E-state index in [0.29, 0.717) is 26.2 Å². The van der Waals surface area contributed by atoms with Gasteiger partial charge < -0.3 is 19.9 Å². The van der Waals surface area contributed by atoms with Gasteiger partial charge in [-0.15, -0.1) is 0 Å². The Morgan fingerprint density at radius 3 is 2.53 bits per heavy atom. The SMILES string of the molecule is Cc1ccc2c(c1)Oc1ccccc1C(N1CCN(C(=O)Nc3ccccc3F)CC1)=N2. The number of aryl methyl sites for hydroxylation is 1. The minimum absolute atomic E-state index is 0.186. The Morgan fingerprint density at radius 1 is 0.969 bits per heavy atom. The average Bonchev–Trinajstić information content (AvgIpc) is 2.97. The number of para-hydroxylation sites is 2. The molecule has 0 radical (unpaired) electrons. The first kappa shape index (κ1) is 20.1. The van der Waals surface area contributed by atoms with Crippen molar-refractivity contribution in [2.75, 3.05) is 31.5 Å². The highest BCUT2D eigenvalue weighted by Crippen LogP contribution is 2.38. The van der Waals surface area contributed by atoms with E-state index in [4.69, 9.17) is 9.73 Å². The van der Waals surface area contributed by atoms with Crippen molar-refractivity contribution in [3.05, 3.63) is 83.7 Å². The first-order valence-electron chi connectivity index (χ1n) is 10.6. The Hall–Kier alpha value is -3.87. The second-order valence-electron chi connectivity index (χ2n) is 7.89. The van der Waals surface area contributed by atoms with Crippen LogP contribution in [0.4, 0.5) is 20.6 Å². The van der Waals surface area contributed by atoms with Crippen molar-refractivity contribution in [1.82, 2.24) is 9.80 Å². The number of piperazine rings is 1. The van der Waals surface area contributed by atoms with E-state index in [1.165, 1.54) is 6.07 Å². The maximum atomic E-state index is 13.9. The summed E-state index contributed by atoms with van der Waals surface area (Å²) < 4.78 is 20.1. The highest BCUT2D eigenvalue weighted by Gasteiger charge is 2.27. The number of anilines is 1. The molecule has 0 saturated carbocycles. The molecule has 0 aromatic heterocycles. The molecule has 2 heterocycles. The number of fused-ring (bicyclic) bond motifs is 2. The van der Waals surface area contributed by atoms with E-state index >= 15 is 0 Å². The molecule has 1 fully saturated rings. The van der Waals surface area contributed by atoms with E-state index in [1.54, 1.807) is 23.1 Å². The largest absolute Gasteiger partial charge is 0.454 e.